The van der Waals surface area contributed by atoms with E-state index in [1.54, 1.807) is 0 Å². The molecule has 1 aromatic heterocycles. The van der Waals surface area contributed by atoms with Crippen LogP contribution in [0, 0.1) is 0 Å². The molecule has 0 aliphatic carbocycles. The van der Waals surface area contributed by atoms with Crippen LogP contribution in [0.25, 0.3) is 0 Å². The van der Waals surface area contributed by atoms with E-state index >= 15 is 0 Å². The predicted octanol–water partition coefficient (Wildman–Crippen LogP) is 2.78. The molecule has 160 valence electrons. The molecule has 6 nitrogen and oxygen atoms in total. The molecule has 2 aliphatic heterocycles. The molecule has 2 unspecified atom stereocenters. The molecule has 3 heterocycles. The quantitative estimate of drug-likeness (QED) is 0.313. The minimum Gasteiger partial charge on any atom is -0.379 e. The fourth-order valence-corrected chi connectivity index (χ4v) is 4.91. The molecule has 2 fully saturated rings. The maximum atomic E-state index is 5.54. The van der Waals surface area contributed by atoms with Gasteiger partial charge in [0.15, 0.2) is 5.96 Å². The van der Waals surface area contributed by atoms with Gasteiger partial charge < -0.3 is 15.4 Å². The Bertz CT molecular complexity index is 559. The number of likely N-dealkylation sites (tertiary alicyclic amines) is 1. The molecular formula is C20H36IN5OS. The minimum absolute atomic E-state index is 0. The monoisotopic (exact) mass is 521 g/mol. The number of hydrogen-bond donors (Lipinski definition) is 2. The Morgan fingerprint density at radius 2 is 1.86 bits per heavy atom. The van der Waals surface area contributed by atoms with Crippen molar-refractivity contribution in [3.63, 3.8) is 0 Å². The Labute approximate surface area is 191 Å². The second-order valence-electron chi connectivity index (χ2n) is 7.32. The van der Waals surface area contributed by atoms with Gasteiger partial charge >= 0.3 is 0 Å². The molecule has 1 aromatic rings. The van der Waals surface area contributed by atoms with Crippen molar-refractivity contribution in [2.75, 3.05) is 59.5 Å². The number of rotatable bonds is 8. The van der Waals surface area contributed by atoms with Crippen LogP contribution in [0.2, 0.25) is 0 Å². The summed E-state index contributed by atoms with van der Waals surface area (Å²) in [6.45, 7) is 10.2. The van der Waals surface area contributed by atoms with Crippen molar-refractivity contribution >= 4 is 41.3 Å². The normalized spacial score (nSPS) is 21.1. The Morgan fingerprint density at radius 3 is 2.46 bits per heavy atom. The van der Waals surface area contributed by atoms with Crippen molar-refractivity contribution in [2.24, 2.45) is 4.99 Å². The number of halogens is 1. The largest absolute Gasteiger partial charge is 0.379 e. The van der Waals surface area contributed by atoms with Gasteiger partial charge in [-0.25, -0.2) is 0 Å². The van der Waals surface area contributed by atoms with Crippen molar-refractivity contribution in [1.29, 1.82) is 0 Å². The van der Waals surface area contributed by atoms with Gasteiger partial charge in [0, 0.05) is 44.1 Å². The number of morpholine rings is 1. The Balaban J connectivity index is 0.00000280. The van der Waals surface area contributed by atoms with E-state index in [-0.39, 0.29) is 24.0 Å². The summed E-state index contributed by atoms with van der Waals surface area (Å²) in [6.07, 6.45) is 3.85. The van der Waals surface area contributed by atoms with Gasteiger partial charge in [0.2, 0.25) is 0 Å². The lowest BCUT2D eigenvalue weighted by atomic mass is 10.2. The second-order valence-corrected chi connectivity index (χ2v) is 8.30. The number of nitrogens with zero attached hydrogens (tertiary/aromatic N) is 3. The molecule has 2 saturated heterocycles. The van der Waals surface area contributed by atoms with E-state index in [1.807, 2.05) is 18.4 Å². The number of thiophene rings is 1. The molecule has 0 radical (unpaired) electrons. The first kappa shape index (κ1) is 23.9. The molecule has 28 heavy (non-hydrogen) atoms. The van der Waals surface area contributed by atoms with Gasteiger partial charge in [-0.15, -0.1) is 35.3 Å². The Hall–Kier alpha value is -0.420. The summed E-state index contributed by atoms with van der Waals surface area (Å²) < 4.78 is 5.54. The summed E-state index contributed by atoms with van der Waals surface area (Å²) in [5.41, 5.74) is 0. The number of hydrogen-bond acceptors (Lipinski definition) is 5. The van der Waals surface area contributed by atoms with Crippen molar-refractivity contribution in [3.05, 3.63) is 22.4 Å². The van der Waals surface area contributed by atoms with Gasteiger partial charge in [0.05, 0.1) is 19.3 Å². The number of aliphatic imine (C=N–C) groups is 1. The van der Waals surface area contributed by atoms with Crippen LogP contribution < -0.4 is 10.6 Å². The highest BCUT2D eigenvalue weighted by Crippen LogP contribution is 2.25. The molecule has 2 N–H and O–H groups in total. The van der Waals surface area contributed by atoms with Gasteiger partial charge in [-0.2, -0.15) is 0 Å². The third kappa shape index (κ3) is 6.83. The van der Waals surface area contributed by atoms with Crippen molar-refractivity contribution in [2.45, 2.75) is 38.3 Å². The predicted molar refractivity (Wildman–Crippen MR) is 129 cm³/mol. The van der Waals surface area contributed by atoms with Gasteiger partial charge in [0.25, 0.3) is 0 Å². The SMILES string of the molecule is CCC(CNC(=NC)NCC(c1cccs1)N1CCOCC1)N1CCCC1.I. The summed E-state index contributed by atoms with van der Waals surface area (Å²) in [4.78, 5) is 11.0. The number of guanidine groups is 1. The summed E-state index contributed by atoms with van der Waals surface area (Å²) in [7, 11) is 1.86. The third-order valence-corrected chi connectivity index (χ3v) is 6.65. The maximum Gasteiger partial charge on any atom is 0.191 e. The second kappa shape index (κ2) is 13.0. The summed E-state index contributed by atoms with van der Waals surface area (Å²) in [6, 6.07) is 5.34. The van der Waals surface area contributed by atoms with Gasteiger partial charge in [-0.1, -0.05) is 13.0 Å². The molecule has 2 aliphatic rings. The summed E-state index contributed by atoms with van der Waals surface area (Å²) in [5, 5.41) is 9.29. The summed E-state index contributed by atoms with van der Waals surface area (Å²) >= 11 is 1.83. The average molecular weight is 522 g/mol. The van der Waals surface area contributed by atoms with Crippen molar-refractivity contribution < 1.29 is 4.74 Å². The Morgan fingerprint density at radius 1 is 1.14 bits per heavy atom. The van der Waals surface area contributed by atoms with Crippen LogP contribution in [0.4, 0.5) is 0 Å². The molecule has 0 aromatic carbocycles. The van der Waals surface area contributed by atoms with Crippen LogP contribution in [0.15, 0.2) is 22.5 Å². The first-order valence-electron chi connectivity index (χ1n) is 10.4. The molecule has 0 bridgehead atoms. The maximum absolute atomic E-state index is 5.54. The van der Waals surface area contributed by atoms with Crippen LogP contribution in [-0.2, 0) is 4.74 Å². The highest BCUT2D eigenvalue weighted by Gasteiger charge is 2.24. The average Bonchev–Trinajstić information content (AvgIpc) is 3.42. The molecular weight excluding hydrogens is 485 g/mol. The summed E-state index contributed by atoms with van der Waals surface area (Å²) in [5.74, 6) is 0.905. The van der Waals surface area contributed by atoms with E-state index in [0.29, 0.717) is 12.1 Å². The number of nitrogens with one attached hydrogen (secondary N) is 2. The zero-order valence-electron chi connectivity index (χ0n) is 17.2. The highest BCUT2D eigenvalue weighted by molar-refractivity contribution is 14.0. The molecule has 8 heteroatoms. The zero-order valence-corrected chi connectivity index (χ0v) is 20.4. The smallest absolute Gasteiger partial charge is 0.191 e. The van der Waals surface area contributed by atoms with Crippen LogP contribution in [0.1, 0.15) is 37.1 Å². The molecule has 0 spiro atoms. The van der Waals surface area contributed by atoms with E-state index in [9.17, 15) is 0 Å². The fraction of sp³-hybridized carbons (Fsp3) is 0.750. The standard InChI is InChI=1S/C20H35N5OS.HI/c1-3-17(24-8-4-5-9-24)15-22-20(21-2)23-16-18(19-7-6-14-27-19)25-10-12-26-13-11-25;/h6-7,14,17-18H,3-5,8-13,15-16H2,1-2H3,(H2,21,22,23);1H. The lowest BCUT2D eigenvalue weighted by Gasteiger charge is -2.34. The Kier molecular flexibility index (Phi) is 11.1. The molecule has 0 amide bonds. The van der Waals surface area contributed by atoms with Crippen LogP contribution in [-0.4, -0.2) is 81.3 Å². The van der Waals surface area contributed by atoms with Gasteiger partial charge in [-0.3, -0.25) is 14.8 Å². The topological polar surface area (TPSA) is 52.1 Å². The van der Waals surface area contributed by atoms with E-state index in [2.05, 4.69) is 49.9 Å². The van der Waals surface area contributed by atoms with Crippen LogP contribution in [0.3, 0.4) is 0 Å². The lowest BCUT2D eigenvalue weighted by molar-refractivity contribution is 0.0177. The highest BCUT2D eigenvalue weighted by atomic mass is 127. The van der Waals surface area contributed by atoms with E-state index in [0.717, 1.165) is 45.4 Å². The lowest BCUT2D eigenvalue weighted by Crippen LogP contribution is -2.49. The zero-order chi connectivity index (χ0) is 18.9. The van der Waals surface area contributed by atoms with E-state index < -0.39 is 0 Å². The fourth-order valence-electron chi connectivity index (χ4n) is 4.05. The minimum atomic E-state index is 0. The first-order valence-corrected chi connectivity index (χ1v) is 11.2. The molecule has 3 rings (SSSR count). The first-order chi connectivity index (χ1) is 13.3. The van der Waals surface area contributed by atoms with Gasteiger partial charge in [-0.05, 0) is 43.8 Å². The number of ether oxygens (including phenoxy) is 1. The van der Waals surface area contributed by atoms with Crippen LogP contribution in [0.5, 0.6) is 0 Å². The van der Waals surface area contributed by atoms with Crippen molar-refractivity contribution in [3.8, 4) is 0 Å². The van der Waals surface area contributed by atoms with E-state index in [1.165, 1.54) is 37.2 Å². The molecule has 2 atom stereocenters. The van der Waals surface area contributed by atoms with E-state index in [4.69, 9.17) is 4.74 Å². The van der Waals surface area contributed by atoms with Crippen molar-refractivity contribution in [1.82, 2.24) is 20.4 Å². The van der Waals surface area contributed by atoms with Gasteiger partial charge in [0.1, 0.15) is 0 Å². The molecule has 0 saturated carbocycles. The third-order valence-electron chi connectivity index (χ3n) is 5.68. The van der Waals surface area contributed by atoms with Crippen LogP contribution >= 0.6 is 35.3 Å².